The summed E-state index contributed by atoms with van der Waals surface area (Å²) in [5, 5.41) is 6.89. The molecule has 1 aromatic carbocycles. The summed E-state index contributed by atoms with van der Waals surface area (Å²) < 4.78 is 0. The van der Waals surface area contributed by atoms with Crippen molar-refractivity contribution in [2.45, 2.75) is 32.7 Å². The van der Waals surface area contributed by atoms with Gasteiger partial charge in [-0.1, -0.05) is 31.2 Å². The first kappa shape index (κ1) is 19.7. The Morgan fingerprint density at radius 2 is 1.93 bits per heavy atom. The predicted octanol–water partition coefficient (Wildman–Crippen LogP) is 2.85. The maximum Gasteiger partial charge on any atom is 0.191 e. The second kappa shape index (κ2) is 10.4. The lowest BCUT2D eigenvalue weighted by Gasteiger charge is -2.30. The number of hydrogen-bond donors (Lipinski definition) is 2. The maximum absolute atomic E-state index is 4.36. The second-order valence-electron chi connectivity index (χ2n) is 7.78. The van der Waals surface area contributed by atoms with E-state index in [4.69, 9.17) is 0 Å². The number of nitrogens with one attached hydrogen (secondary N) is 2. The van der Waals surface area contributed by atoms with Gasteiger partial charge in [0, 0.05) is 38.9 Å². The van der Waals surface area contributed by atoms with Gasteiger partial charge in [-0.25, -0.2) is 0 Å². The molecule has 148 valence electrons. The number of benzene rings is 1. The first-order valence-electron chi connectivity index (χ1n) is 10.4. The van der Waals surface area contributed by atoms with E-state index in [-0.39, 0.29) is 0 Å². The monoisotopic (exact) mass is 369 g/mol. The second-order valence-corrected chi connectivity index (χ2v) is 7.78. The first-order valence-corrected chi connectivity index (χ1v) is 10.4. The zero-order chi connectivity index (χ0) is 18.9. The van der Waals surface area contributed by atoms with Crippen molar-refractivity contribution in [1.82, 2.24) is 15.5 Å². The van der Waals surface area contributed by atoms with E-state index in [0.717, 1.165) is 44.5 Å². The molecule has 0 bridgehead atoms. The van der Waals surface area contributed by atoms with E-state index in [0.29, 0.717) is 0 Å². The van der Waals surface area contributed by atoms with Crippen molar-refractivity contribution in [2.24, 2.45) is 10.9 Å². The molecule has 2 aliphatic rings. The Kier molecular flexibility index (Phi) is 7.57. The van der Waals surface area contributed by atoms with Crippen molar-refractivity contribution < 1.29 is 0 Å². The largest absolute Gasteiger partial charge is 0.364 e. The van der Waals surface area contributed by atoms with Crippen LogP contribution in [-0.4, -0.2) is 57.2 Å². The van der Waals surface area contributed by atoms with E-state index < -0.39 is 0 Å². The molecule has 0 saturated carbocycles. The number of anilines is 1. The van der Waals surface area contributed by atoms with Crippen LogP contribution in [-0.2, 0) is 6.54 Å². The molecule has 0 atom stereocenters. The fraction of sp³-hybridized carbons (Fsp3) is 0.591. The van der Waals surface area contributed by atoms with Crippen molar-refractivity contribution in [3.05, 3.63) is 42.0 Å². The van der Waals surface area contributed by atoms with Crippen LogP contribution in [0.5, 0.6) is 0 Å². The average Bonchev–Trinajstić information content (AvgIpc) is 3.24. The maximum atomic E-state index is 4.36. The molecule has 0 unspecified atom stereocenters. The third kappa shape index (κ3) is 6.28. The number of likely N-dealkylation sites (tertiary alicyclic amines) is 1. The van der Waals surface area contributed by atoms with Gasteiger partial charge in [0.05, 0.1) is 0 Å². The minimum atomic E-state index is 0.790. The van der Waals surface area contributed by atoms with Gasteiger partial charge in [-0.05, 0) is 62.5 Å². The molecule has 5 heteroatoms. The van der Waals surface area contributed by atoms with Gasteiger partial charge in [-0.3, -0.25) is 4.99 Å². The van der Waals surface area contributed by atoms with Gasteiger partial charge < -0.3 is 20.4 Å². The Balaban J connectivity index is 1.36. The highest BCUT2D eigenvalue weighted by atomic mass is 15.2. The lowest BCUT2D eigenvalue weighted by molar-refractivity contribution is 0.191. The molecule has 0 amide bonds. The summed E-state index contributed by atoms with van der Waals surface area (Å²) in [6.07, 6.45) is 8.31. The average molecular weight is 370 g/mol. The summed E-state index contributed by atoms with van der Waals surface area (Å²) in [4.78, 5) is 9.32. The fourth-order valence-electron chi connectivity index (χ4n) is 3.75. The van der Waals surface area contributed by atoms with Crippen LogP contribution in [0.2, 0.25) is 0 Å². The van der Waals surface area contributed by atoms with E-state index in [2.05, 4.69) is 68.8 Å². The lowest BCUT2D eigenvalue weighted by Crippen LogP contribution is -2.39. The highest BCUT2D eigenvalue weighted by molar-refractivity contribution is 5.79. The molecule has 1 aromatic rings. The van der Waals surface area contributed by atoms with Crippen molar-refractivity contribution >= 4 is 11.6 Å². The molecule has 2 aliphatic heterocycles. The Labute approximate surface area is 164 Å². The summed E-state index contributed by atoms with van der Waals surface area (Å²) in [7, 11) is 1.84. The number of nitrogens with zero attached hydrogens (tertiary/aromatic N) is 3. The fourth-order valence-corrected chi connectivity index (χ4v) is 3.75. The molecule has 1 fully saturated rings. The minimum Gasteiger partial charge on any atom is -0.364 e. The summed E-state index contributed by atoms with van der Waals surface area (Å²) in [5.41, 5.74) is 2.57. The third-order valence-electron chi connectivity index (χ3n) is 5.60. The van der Waals surface area contributed by atoms with E-state index in [1.807, 2.05) is 7.05 Å². The van der Waals surface area contributed by atoms with Gasteiger partial charge in [-0.2, -0.15) is 0 Å². The molecule has 0 radical (unpaired) electrons. The normalized spacial score (nSPS) is 18.9. The van der Waals surface area contributed by atoms with E-state index in [1.54, 1.807) is 0 Å². The van der Waals surface area contributed by atoms with Gasteiger partial charge in [0.25, 0.3) is 0 Å². The van der Waals surface area contributed by atoms with Gasteiger partial charge in [0.2, 0.25) is 0 Å². The summed E-state index contributed by atoms with van der Waals surface area (Å²) in [6.45, 7) is 9.85. The summed E-state index contributed by atoms with van der Waals surface area (Å²) in [5.74, 6) is 1.79. The highest BCUT2D eigenvalue weighted by Crippen LogP contribution is 2.18. The highest BCUT2D eigenvalue weighted by Gasteiger charge is 2.14. The molecule has 0 aromatic heterocycles. The molecule has 2 N–H and O–H groups in total. The van der Waals surface area contributed by atoms with Crippen LogP contribution in [0.3, 0.4) is 0 Å². The van der Waals surface area contributed by atoms with Crippen molar-refractivity contribution in [1.29, 1.82) is 0 Å². The van der Waals surface area contributed by atoms with Gasteiger partial charge >= 0.3 is 0 Å². The topological polar surface area (TPSA) is 42.9 Å². The molecule has 1 saturated heterocycles. The van der Waals surface area contributed by atoms with Crippen LogP contribution in [0.15, 0.2) is 41.4 Å². The van der Waals surface area contributed by atoms with E-state index in [9.17, 15) is 0 Å². The van der Waals surface area contributed by atoms with Crippen LogP contribution in [0.25, 0.3) is 0 Å². The van der Waals surface area contributed by atoms with Crippen molar-refractivity contribution in [3.63, 3.8) is 0 Å². The number of guanidine groups is 1. The SMILES string of the molecule is CN=C(NCCCN1CCC(C)CC1)NCc1cccc(N2CC=CC2)c1. The molecular formula is C22H35N5. The van der Waals surface area contributed by atoms with Crippen molar-refractivity contribution in [2.75, 3.05) is 51.2 Å². The molecule has 0 aliphatic carbocycles. The molecule has 0 spiro atoms. The number of hydrogen-bond acceptors (Lipinski definition) is 3. The van der Waals surface area contributed by atoms with Crippen LogP contribution in [0, 0.1) is 5.92 Å². The summed E-state index contributed by atoms with van der Waals surface area (Å²) in [6, 6.07) is 8.76. The van der Waals surface area contributed by atoms with E-state index >= 15 is 0 Å². The van der Waals surface area contributed by atoms with Crippen LogP contribution >= 0.6 is 0 Å². The molecular weight excluding hydrogens is 334 g/mol. The first-order chi connectivity index (χ1) is 13.2. The smallest absolute Gasteiger partial charge is 0.191 e. The zero-order valence-corrected chi connectivity index (χ0v) is 17.0. The molecule has 2 heterocycles. The van der Waals surface area contributed by atoms with Crippen molar-refractivity contribution in [3.8, 4) is 0 Å². The Hall–Kier alpha value is -2.01. The standard InChI is InChI=1S/C22H35N5/c1-19-9-15-26(16-10-19)12-6-11-24-22(23-2)25-18-20-7-5-8-21(17-20)27-13-3-4-14-27/h3-5,7-8,17,19H,6,9-16,18H2,1-2H3,(H2,23,24,25). The molecule has 3 rings (SSSR count). The third-order valence-corrected chi connectivity index (χ3v) is 5.60. The Morgan fingerprint density at radius 3 is 2.67 bits per heavy atom. The Morgan fingerprint density at radius 1 is 1.15 bits per heavy atom. The number of rotatable bonds is 7. The Bertz CT molecular complexity index is 623. The number of aliphatic imine (C=N–C) groups is 1. The lowest BCUT2D eigenvalue weighted by atomic mass is 9.99. The summed E-state index contributed by atoms with van der Waals surface area (Å²) >= 11 is 0. The van der Waals surface area contributed by atoms with E-state index in [1.165, 1.54) is 43.7 Å². The zero-order valence-electron chi connectivity index (χ0n) is 17.0. The van der Waals surface area contributed by atoms with Crippen LogP contribution in [0.1, 0.15) is 31.7 Å². The predicted molar refractivity (Wildman–Crippen MR) is 115 cm³/mol. The van der Waals surface area contributed by atoms with Gasteiger partial charge in [0.15, 0.2) is 5.96 Å². The minimum absolute atomic E-state index is 0.790. The van der Waals surface area contributed by atoms with Crippen LogP contribution in [0.4, 0.5) is 5.69 Å². The number of piperidine rings is 1. The molecule has 5 nitrogen and oxygen atoms in total. The van der Waals surface area contributed by atoms with Gasteiger partial charge in [-0.15, -0.1) is 0 Å². The quantitative estimate of drug-likeness (QED) is 0.336. The van der Waals surface area contributed by atoms with Crippen LogP contribution < -0.4 is 15.5 Å². The molecule has 27 heavy (non-hydrogen) atoms. The van der Waals surface area contributed by atoms with Gasteiger partial charge in [0.1, 0.15) is 0 Å².